The van der Waals surface area contributed by atoms with Crippen LogP contribution in [-0.4, -0.2) is 23.4 Å². The van der Waals surface area contributed by atoms with Gasteiger partial charge in [0.2, 0.25) is 0 Å². The Kier molecular flexibility index (Phi) is 6.41. The van der Waals surface area contributed by atoms with Crippen LogP contribution in [0.4, 0.5) is 5.69 Å². The number of amides is 1. The molecule has 0 bridgehead atoms. The highest BCUT2D eigenvalue weighted by atomic mass is 35.5. The Balaban J connectivity index is 2.70. The lowest BCUT2D eigenvalue weighted by Gasteiger charge is -2.06. The van der Waals surface area contributed by atoms with Gasteiger partial charge < -0.3 is 15.7 Å². The number of alkyl halides is 1. The Labute approximate surface area is 122 Å². The van der Waals surface area contributed by atoms with Crippen molar-refractivity contribution in [2.24, 2.45) is 0 Å². The number of benzene rings is 1. The molecule has 0 fully saturated rings. The molecule has 6 heteroatoms. The summed E-state index contributed by atoms with van der Waals surface area (Å²) in [5.74, 6) is 0.0271. The molecule has 1 aromatic rings. The number of phenolic OH excluding ortho intramolecular Hbond substituents is 1. The number of nitrogens with zero attached hydrogens (tertiary/aromatic N) is 1. The van der Waals surface area contributed by atoms with Crippen molar-refractivity contribution in [2.75, 3.05) is 17.7 Å². The summed E-state index contributed by atoms with van der Waals surface area (Å²) in [5.41, 5.74) is 1.27. The third-order valence-corrected chi connectivity index (χ3v) is 2.75. The van der Waals surface area contributed by atoms with Crippen LogP contribution < -0.4 is 10.6 Å². The zero-order valence-corrected chi connectivity index (χ0v) is 11.9. The Bertz CT molecular complexity index is 550. The van der Waals surface area contributed by atoms with Crippen molar-refractivity contribution in [3.8, 4) is 11.8 Å². The smallest absolute Gasteiger partial charge is 0.263 e. The number of carbonyl (C=O) groups is 1. The van der Waals surface area contributed by atoms with Gasteiger partial charge in [-0.1, -0.05) is 6.07 Å². The van der Waals surface area contributed by atoms with E-state index >= 15 is 0 Å². The van der Waals surface area contributed by atoms with E-state index in [-0.39, 0.29) is 11.3 Å². The number of hydrogen-bond donors (Lipinski definition) is 3. The minimum Gasteiger partial charge on any atom is -0.506 e. The molecule has 5 nitrogen and oxygen atoms in total. The third-order valence-electron chi connectivity index (χ3n) is 2.49. The zero-order valence-electron chi connectivity index (χ0n) is 11.1. The fourth-order valence-corrected chi connectivity index (χ4v) is 1.56. The van der Waals surface area contributed by atoms with Gasteiger partial charge in [-0.15, -0.1) is 11.6 Å². The van der Waals surface area contributed by atoms with Crippen molar-refractivity contribution < 1.29 is 9.90 Å². The molecule has 1 rings (SSSR count). The van der Waals surface area contributed by atoms with Crippen molar-refractivity contribution in [2.45, 2.75) is 13.3 Å². The lowest BCUT2D eigenvalue weighted by Crippen LogP contribution is -2.26. The van der Waals surface area contributed by atoms with Gasteiger partial charge in [0.15, 0.2) is 0 Å². The maximum atomic E-state index is 11.7. The highest BCUT2D eigenvalue weighted by Crippen LogP contribution is 2.23. The molecule has 1 amide bonds. The predicted molar refractivity (Wildman–Crippen MR) is 78.5 cm³/mol. The number of nitrogens with one attached hydrogen (secondary N) is 2. The van der Waals surface area contributed by atoms with E-state index in [4.69, 9.17) is 16.9 Å². The normalized spacial score (nSPS) is 10.8. The Morgan fingerprint density at radius 1 is 1.55 bits per heavy atom. The molecule has 0 aliphatic carbocycles. The van der Waals surface area contributed by atoms with E-state index in [1.54, 1.807) is 18.2 Å². The quantitative estimate of drug-likeness (QED) is 0.247. The van der Waals surface area contributed by atoms with Crippen molar-refractivity contribution in [1.82, 2.24) is 5.32 Å². The van der Waals surface area contributed by atoms with Crippen LogP contribution in [0.15, 0.2) is 30.0 Å². The molecule has 0 aromatic heterocycles. The number of phenols is 1. The minimum absolute atomic E-state index is 0.0566. The van der Waals surface area contributed by atoms with Gasteiger partial charge in [-0.3, -0.25) is 4.79 Å². The van der Waals surface area contributed by atoms with Crippen LogP contribution in [0.1, 0.15) is 12.0 Å². The van der Waals surface area contributed by atoms with Crippen molar-refractivity contribution in [3.05, 3.63) is 35.5 Å². The number of aromatic hydroxyl groups is 1. The minimum atomic E-state index is -0.475. The van der Waals surface area contributed by atoms with E-state index in [1.165, 1.54) is 6.20 Å². The van der Waals surface area contributed by atoms with Crippen LogP contribution in [0.5, 0.6) is 5.75 Å². The number of nitriles is 1. The average Bonchev–Trinajstić information content (AvgIpc) is 2.42. The molecule has 0 saturated heterocycles. The summed E-state index contributed by atoms with van der Waals surface area (Å²) in [6, 6.07) is 6.86. The van der Waals surface area contributed by atoms with Gasteiger partial charge in [-0.2, -0.15) is 5.26 Å². The predicted octanol–water partition coefficient (Wildman–Crippen LogP) is 2.27. The second kappa shape index (κ2) is 8.08. The third kappa shape index (κ3) is 4.82. The summed E-state index contributed by atoms with van der Waals surface area (Å²) in [6.07, 6.45) is 1.90. The zero-order chi connectivity index (χ0) is 15.0. The Morgan fingerprint density at radius 2 is 2.30 bits per heavy atom. The molecule has 0 aliphatic heterocycles. The topological polar surface area (TPSA) is 85.2 Å². The van der Waals surface area contributed by atoms with E-state index in [9.17, 15) is 9.90 Å². The van der Waals surface area contributed by atoms with Gasteiger partial charge in [0.25, 0.3) is 5.91 Å². The first-order valence-corrected chi connectivity index (χ1v) is 6.62. The molecule has 0 atom stereocenters. The van der Waals surface area contributed by atoms with Crippen LogP contribution >= 0.6 is 11.6 Å². The summed E-state index contributed by atoms with van der Waals surface area (Å²) in [6.45, 7) is 2.27. The molecule has 0 saturated carbocycles. The number of carbonyl (C=O) groups excluding carboxylic acids is 1. The number of halogens is 1. The maximum absolute atomic E-state index is 11.7. The van der Waals surface area contributed by atoms with Gasteiger partial charge in [0, 0.05) is 18.6 Å². The maximum Gasteiger partial charge on any atom is 0.263 e. The highest BCUT2D eigenvalue weighted by molar-refractivity contribution is 6.17. The summed E-state index contributed by atoms with van der Waals surface area (Å²) >= 11 is 5.50. The molecule has 20 heavy (non-hydrogen) atoms. The van der Waals surface area contributed by atoms with E-state index < -0.39 is 5.91 Å². The van der Waals surface area contributed by atoms with Crippen LogP contribution in [0.25, 0.3) is 0 Å². The van der Waals surface area contributed by atoms with E-state index in [0.29, 0.717) is 24.5 Å². The number of anilines is 1. The van der Waals surface area contributed by atoms with Gasteiger partial charge in [0.1, 0.15) is 17.4 Å². The molecular formula is C14H16ClN3O2. The number of rotatable bonds is 6. The summed E-state index contributed by atoms with van der Waals surface area (Å²) in [7, 11) is 0. The molecule has 3 N–H and O–H groups in total. The number of hydrogen-bond acceptors (Lipinski definition) is 4. The van der Waals surface area contributed by atoms with Crippen molar-refractivity contribution >= 4 is 23.2 Å². The van der Waals surface area contributed by atoms with Crippen molar-refractivity contribution in [3.63, 3.8) is 0 Å². The van der Waals surface area contributed by atoms with E-state index in [0.717, 1.165) is 5.56 Å². The summed E-state index contributed by atoms with van der Waals surface area (Å²) in [5, 5.41) is 24.0. The van der Waals surface area contributed by atoms with Gasteiger partial charge in [-0.05, 0) is 31.0 Å². The summed E-state index contributed by atoms with van der Waals surface area (Å²) < 4.78 is 0. The Hall–Kier alpha value is -2.19. The highest BCUT2D eigenvalue weighted by Gasteiger charge is 2.08. The molecule has 1 aromatic carbocycles. The largest absolute Gasteiger partial charge is 0.506 e. The van der Waals surface area contributed by atoms with Crippen molar-refractivity contribution in [1.29, 1.82) is 5.26 Å². The van der Waals surface area contributed by atoms with Crippen LogP contribution in [0.3, 0.4) is 0 Å². The van der Waals surface area contributed by atoms with Gasteiger partial charge >= 0.3 is 0 Å². The van der Waals surface area contributed by atoms with Crippen LogP contribution in [0.2, 0.25) is 0 Å². The second-order valence-corrected chi connectivity index (χ2v) is 4.51. The molecule has 0 heterocycles. The van der Waals surface area contributed by atoms with Gasteiger partial charge in [-0.25, -0.2) is 0 Å². The lowest BCUT2D eigenvalue weighted by molar-refractivity contribution is -0.117. The molecule has 0 unspecified atom stereocenters. The lowest BCUT2D eigenvalue weighted by atomic mass is 10.2. The fourth-order valence-electron chi connectivity index (χ4n) is 1.43. The first-order chi connectivity index (χ1) is 9.58. The number of aryl methyl sites for hydroxylation is 1. The molecule has 106 valence electrons. The summed E-state index contributed by atoms with van der Waals surface area (Å²) in [4.78, 5) is 11.7. The SMILES string of the molecule is Cc1ccc(N/C=C(/C#N)C(=O)NCCCCl)c(O)c1. The molecule has 0 aliphatic rings. The monoisotopic (exact) mass is 293 g/mol. The Morgan fingerprint density at radius 3 is 2.90 bits per heavy atom. The van der Waals surface area contributed by atoms with Crippen LogP contribution in [-0.2, 0) is 4.79 Å². The first kappa shape index (κ1) is 15.9. The average molecular weight is 294 g/mol. The van der Waals surface area contributed by atoms with E-state index in [1.807, 2.05) is 13.0 Å². The molecule has 0 spiro atoms. The molecular weight excluding hydrogens is 278 g/mol. The molecule has 0 radical (unpaired) electrons. The van der Waals surface area contributed by atoms with E-state index in [2.05, 4.69) is 10.6 Å². The van der Waals surface area contributed by atoms with Crippen LogP contribution in [0, 0.1) is 18.3 Å². The first-order valence-electron chi connectivity index (χ1n) is 6.09. The fraction of sp³-hybridized carbons (Fsp3) is 0.286. The standard InChI is InChI=1S/C14H16ClN3O2/c1-10-3-4-12(13(19)7-10)18-9-11(8-16)14(20)17-6-2-5-15/h3-4,7,9,18-19H,2,5-6H2,1H3,(H,17,20)/b11-9-. The second-order valence-electron chi connectivity index (χ2n) is 4.13. The van der Waals surface area contributed by atoms with Gasteiger partial charge in [0.05, 0.1) is 5.69 Å².